The van der Waals surface area contributed by atoms with Crippen LogP contribution >= 0.6 is 0 Å². The van der Waals surface area contributed by atoms with Crippen LogP contribution < -0.4 is 5.32 Å². The highest BCUT2D eigenvalue weighted by molar-refractivity contribution is 4.83. The van der Waals surface area contributed by atoms with E-state index in [0.717, 1.165) is 19.6 Å². The van der Waals surface area contributed by atoms with Gasteiger partial charge >= 0.3 is 0 Å². The summed E-state index contributed by atoms with van der Waals surface area (Å²) in [5.74, 6) is 0. The monoisotopic (exact) mass is 216 g/mol. The summed E-state index contributed by atoms with van der Waals surface area (Å²) in [6.45, 7) is 9.49. The van der Waals surface area contributed by atoms with Crippen molar-refractivity contribution in [3.05, 3.63) is 0 Å². The Hall–Kier alpha value is -0.150. The number of nitrogens with one attached hydrogen (secondary N) is 1. The third kappa shape index (κ3) is 4.94. The number of rotatable bonds is 5. The van der Waals surface area contributed by atoms with Crippen molar-refractivity contribution in [1.82, 2.24) is 10.2 Å². The average Bonchev–Trinajstić information content (AvgIpc) is 2.57. The molecule has 1 fully saturated rings. The molecule has 1 saturated heterocycles. The van der Waals surface area contributed by atoms with Gasteiger partial charge in [-0.05, 0) is 46.6 Å². The van der Waals surface area contributed by atoms with Crippen molar-refractivity contribution >= 4 is 0 Å². The van der Waals surface area contributed by atoms with Gasteiger partial charge in [0.1, 0.15) is 0 Å². The Morgan fingerprint density at radius 1 is 1.40 bits per heavy atom. The average molecular weight is 216 g/mol. The fourth-order valence-electron chi connectivity index (χ4n) is 2.11. The number of hydrogen-bond donors (Lipinski definition) is 1. The van der Waals surface area contributed by atoms with Gasteiger partial charge < -0.3 is 5.32 Å². The van der Waals surface area contributed by atoms with Crippen LogP contribution in [0.1, 0.15) is 40.0 Å². The molecular weight excluding hydrogens is 191 g/mol. The second-order valence-corrected chi connectivity index (χ2v) is 5.51. The molecule has 0 saturated carbocycles. The van der Waals surface area contributed by atoms with Gasteiger partial charge in [0.15, 0.2) is 0 Å². The first-order chi connectivity index (χ1) is 7.03. The van der Waals surface area contributed by atoms with Crippen LogP contribution in [-0.2, 0) is 0 Å². The molecule has 0 amide bonds. The lowest BCUT2D eigenvalue weighted by Gasteiger charge is -2.28. The lowest BCUT2D eigenvalue weighted by Crippen LogP contribution is -2.45. The van der Waals surface area contributed by atoms with Crippen LogP contribution in [-0.4, -0.2) is 42.8 Å². The number of hydrogen-bond acceptors (Lipinski definition) is 2. The predicted octanol–water partition coefficient (Wildman–Crippen LogP) is 2.20. The summed E-state index contributed by atoms with van der Waals surface area (Å²) in [7, 11) is 0. The van der Waals surface area contributed by atoms with Crippen molar-refractivity contribution in [3.63, 3.8) is 0 Å². The van der Waals surface area contributed by atoms with Gasteiger partial charge in [0, 0.05) is 24.7 Å². The first kappa shape index (κ1) is 12.9. The number of halogens is 1. The number of likely N-dealkylation sites (tertiary alicyclic amines) is 1. The molecule has 0 aliphatic carbocycles. The molecule has 1 unspecified atom stereocenters. The van der Waals surface area contributed by atoms with Crippen LogP contribution in [0.5, 0.6) is 0 Å². The fraction of sp³-hybridized carbons (Fsp3) is 1.00. The van der Waals surface area contributed by atoms with Crippen molar-refractivity contribution in [2.75, 3.05) is 26.3 Å². The molecule has 90 valence electrons. The lowest BCUT2D eigenvalue weighted by atomic mass is 10.1. The van der Waals surface area contributed by atoms with Crippen molar-refractivity contribution in [1.29, 1.82) is 0 Å². The van der Waals surface area contributed by atoms with Crippen molar-refractivity contribution in [3.8, 4) is 0 Å². The summed E-state index contributed by atoms with van der Waals surface area (Å²) in [4.78, 5) is 2.43. The number of nitrogens with zero attached hydrogens (tertiary/aromatic N) is 1. The second-order valence-electron chi connectivity index (χ2n) is 5.51. The van der Waals surface area contributed by atoms with E-state index in [1.54, 1.807) is 0 Å². The third-order valence-corrected chi connectivity index (χ3v) is 2.95. The molecule has 0 bridgehead atoms. The highest BCUT2D eigenvalue weighted by Crippen LogP contribution is 2.17. The lowest BCUT2D eigenvalue weighted by molar-refractivity contribution is 0.224. The van der Waals surface area contributed by atoms with E-state index >= 15 is 0 Å². The van der Waals surface area contributed by atoms with Gasteiger partial charge in [0.25, 0.3) is 0 Å². The van der Waals surface area contributed by atoms with E-state index in [4.69, 9.17) is 0 Å². The molecule has 1 atom stereocenters. The van der Waals surface area contributed by atoms with Gasteiger partial charge in [0.2, 0.25) is 0 Å². The summed E-state index contributed by atoms with van der Waals surface area (Å²) >= 11 is 0. The normalized spacial score (nSPS) is 23.6. The maximum Gasteiger partial charge on any atom is 0.0906 e. The molecule has 0 aromatic rings. The van der Waals surface area contributed by atoms with E-state index in [2.05, 4.69) is 31.0 Å². The van der Waals surface area contributed by atoms with E-state index < -0.39 is 0 Å². The van der Waals surface area contributed by atoms with Gasteiger partial charge in [-0.25, -0.2) is 0 Å². The quantitative estimate of drug-likeness (QED) is 0.758. The fourth-order valence-corrected chi connectivity index (χ4v) is 2.11. The molecular formula is C12H25FN2. The maximum atomic E-state index is 12.1. The molecule has 1 aliphatic rings. The Balaban J connectivity index is 2.27. The molecule has 0 aromatic carbocycles. The Labute approximate surface area is 93.2 Å². The van der Waals surface area contributed by atoms with E-state index in [-0.39, 0.29) is 12.2 Å². The predicted molar refractivity (Wildman–Crippen MR) is 62.9 cm³/mol. The molecule has 1 N–H and O–H groups in total. The van der Waals surface area contributed by atoms with E-state index in [1.165, 1.54) is 12.8 Å². The molecule has 0 aromatic heterocycles. The smallest absolute Gasteiger partial charge is 0.0906 e. The Kier molecular flexibility index (Phi) is 5.00. The van der Waals surface area contributed by atoms with Gasteiger partial charge in [-0.15, -0.1) is 0 Å². The Morgan fingerprint density at radius 3 is 2.73 bits per heavy atom. The van der Waals surface area contributed by atoms with Gasteiger partial charge in [0.05, 0.1) is 6.67 Å². The Bertz CT molecular complexity index is 177. The minimum atomic E-state index is -0.185. The van der Waals surface area contributed by atoms with Gasteiger partial charge in [-0.1, -0.05) is 0 Å². The molecule has 15 heavy (non-hydrogen) atoms. The first-order valence-electron chi connectivity index (χ1n) is 6.08. The topological polar surface area (TPSA) is 15.3 Å². The minimum absolute atomic E-state index is 0.185. The molecule has 3 heteroatoms. The second kappa shape index (κ2) is 5.80. The third-order valence-electron chi connectivity index (χ3n) is 2.95. The van der Waals surface area contributed by atoms with Crippen LogP contribution in [0, 0.1) is 0 Å². The first-order valence-corrected chi connectivity index (χ1v) is 6.08. The van der Waals surface area contributed by atoms with Crippen molar-refractivity contribution < 1.29 is 4.39 Å². The van der Waals surface area contributed by atoms with E-state index in [0.29, 0.717) is 12.5 Å². The van der Waals surface area contributed by atoms with E-state index in [1.807, 2.05) is 0 Å². The SMILES string of the molecule is CC(C)(C)NCC1CCCN1CCCF. The van der Waals surface area contributed by atoms with Crippen LogP contribution in [0.2, 0.25) is 0 Å². The number of alkyl halides is 1. The molecule has 1 aliphatic heterocycles. The van der Waals surface area contributed by atoms with Crippen LogP contribution in [0.15, 0.2) is 0 Å². The van der Waals surface area contributed by atoms with Crippen LogP contribution in [0.3, 0.4) is 0 Å². The van der Waals surface area contributed by atoms with Crippen molar-refractivity contribution in [2.24, 2.45) is 0 Å². The van der Waals surface area contributed by atoms with Crippen molar-refractivity contribution in [2.45, 2.75) is 51.6 Å². The Morgan fingerprint density at radius 2 is 2.13 bits per heavy atom. The summed E-state index contributed by atoms with van der Waals surface area (Å²) in [5.41, 5.74) is 0.189. The minimum Gasteiger partial charge on any atom is -0.311 e. The summed E-state index contributed by atoms with van der Waals surface area (Å²) in [6, 6.07) is 0.621. The van der Waals surface area contributed by atoms with Crippen LogP contribution in [0.25, 0.3) is 0 Å². The summed E-state index contributed by atoms with van der Waals surface area (Å²) in [6.07, 6.45) is 3.21. The molecule has 1 heterocycles. The van der Waals surface area contributed by atoms with E-state index in [9.17, 15) is 4.39 Å². The zero-order valence-electron chi connectivity index (χ0n) is 10.4. The molecule has 0 spiro atoms. The van der Waals surface area contributed by atoms with Gasteiger partial charge in [-0.2, -0.15) is 0 Å². The maximum absolute atomic E-state index is 12.1. The molecule has 1 rings (SSSR count). The zero-order chi connectivity index (χ0) is 11.3. The van der Waals surface area contributed by atoms with Crippen LogP contribution in [0.4, 0.5) is 4.39 Å². The summed E-state index contributed by atoms with van der Waals surface area (Å²) in [5, 5.41) is 3.53. The highest BCUT2D eigenvalue weighted by Gasteiger charge is 2.24. The molecule has 0 radical (unpaired) electrons. The van der Waals surface area contributed by atoms with Gasteiger partial charge in [-0.3, -0.25) is 9.29 Å². The zero-order valence-corrected chi connectivity index (χ0v) is 10.4. The molecule has 2 nitrogen and oxygen atoms in total. The standard InChI is InChI=1S/C12H25FN2/c1-12(2,3)14-10-11-6-4-8-15(11)9-5-7-13/h11,14H,4-10H2,1-3H3. The highest BCUT2D eigenvalue weighted by atomic mass is 19.1. The largest absolute Gasteiger partial charge is 0.311 e. The summed E-state index contributed by atoms with van der Waals surface area (Å²) < 4.78 is 12.1.